The molecular weight excluding hydrogens is 676 g/mol. The van der Waals surface area contributed by atoms with E-state index in [1.54, 1.807) is 16.6 Å². The second-order valence-electron chi connectivity index (χ2n) is 15.3. The van der Waals surface area contributed by atoms with Gasteiger partial charge in [0.2, 0.25) is 5.91 Å². The number of para-hydroxylation sites is 1. The van der Waals surface area contributed by atoms with Crippen LogP contribution >= 0.6 is 0 Å². The van der Waals surface area contributed by atoms with E-state index in [1.165, 1.54) is 5.69 Å². The maximum atomic E-state index is 13.1. The maximum Gasteiger partial charge on any atom is 0.272 e. The van der Waals surface area contributed by atoms with E-state index in [0.29, 0.717) is 41.8 Å². The second-order valence-corrected chi connectivity index (χ2v) is 15.3. The fourth-order valence-corrected chi connectivity index (χ4v) is 8.27. The minimum absolute atomic E-state index is 0.00582. The summed E-state index contributed by atoms with van der Waals surface area (Å²) in [5, 5.41) is 15.0. The summed E-state index contributed by atoms with van der Waals surface area (Å²) < 4.78 is 3.95. The fourth-order valence-electron chi connectivity index (χ4n) is 8.27. The number of nitrogens with one attached hydrogen (secondary N) is 2. The Bertz CT molecular complexity index is 2270. The monoisotopic (exact) mass is 719 g/mol. The van der Waals surface area contributed by atoms with Gasteiger partial charge < -0.3 is 25.3 Å². The first kappa shape index (κ1) is 34.6. The SMILES string of the molecule is [B]C([B])(c1cccc(C(=O)N2CCCC2)n1)N1CC(n2ncc3c2C(CCC)N(C)c2c(Nc4cc(NC(=O)C5CC5)nc5cc(C)nn45)cccc2-3)C1. The van der Waals surface area contributed by atoms with Crippen molar-refractivity contribution < 1.29 is 9.59 Å². The number of hydrogen-bond donors (Lipinski definition) is 2. The summed E-state index contributed by atoms with van der Waals surface area (Å²) in [5.41, 5.74) is 7.65. The average Bonchev–Trinajstić information content (AvgIpc) is 3.47. The van der Waals surface area contributed by atoms with Crippen LogP contribution in [-0.2, 0) is 10.1 Å². The zero-order valence-corrected chi connectivity index (χ0v) is 31.0. The lowest BCUT2D eigenvalue weighted by molar-refractivity contribution is -0.117. The molecule has 3 aliphatic heterocycles. The van der Waals surface area contributed by atoms with Gasteiger partial charge >= 0.3 is 0 Å². The summed E-state index contributed by atoms with van der Waals surface area (Å²) in [5.74, 6) is 1.20. The van der Waals surface area contributed by atoms with E-state index in [9.17, 15) is 9.59 Å². The Labute approximate surface area is 317 Å². The Kier molecular flexibility index (Phi) is 8.51. The van der Waals surface area contributed by atoms with Gasteiger partial charge in [-0.1, -0.05) is 31.5 Å². The van der Waals surface area contributed by atoms with Crippen LogP contribution in [0.25, 0.3) is 16.8 Å². The number of carbonyl (C=O) groups is 2. The molecular formula is C39H43B2N11O2. The number of likely N-dealkylation sites (tertiary alicyclic amines) is 2. The van der Waals surface area contributed by atoms with Gasteiger partial charge in [0, 0.05) is 68.1 Å². The number of anilines is 4. The molecule has 9 rings (SSSR count). The zero-order valence-electron chi connectivity index (χ0n) is 31.0. The molecule has 4 radical (unpaired) electrons. The zero-order chi connectivity index (χ0) is 37.3. The summed E-state index contributed by atoms with van der Waals surface area (Å²) in [6.45, 7) is 6.82. The van der Waals surface area contributed by atoms with Crippen molar-refractivity contribution in [2.75, 3.05) is 48.8 Å². The molecule has 0 bridgehead atoms. The Morgan fingerprint density at radius 3 is 2.54 bits per heavy atom. The lowest BCUT2D eigenvalue weighted by Gasteiger charge is -2.50. The van der Waals surface area contributed by atoms with Crippen molar-refractivity contribution in [2.24, 2.45) is 5.92 Å². The van der Waals surface area contributed by atoms with Crippen molar-refractivity contribution in [3.63, 3.8) is 0 Å². The van der Waals surface area contributed by atoms with E-state index in [0.717, 1.165) is 79.8 Å². The fraction of sp³-hybridized carbons (Fsp3) is 0.436. The van der Waals surface area contributed by atoms with Crippen LogP contribution in [0.3, 0.4) is 0 Å². The van der Waals surface area contributed by atoms with Gasteiger partial charge in [-0.25, -0.2) is 9.97 Å². The molecule has 2 saturated heterocycles. The van der Waals surface area contributed by atoms with Crippen LogP contribution in [-0.4, -0.2) is 99.9 Å². The Balaban J connectivity index is 1.00. The number of hydrogen-bond acceptors (Lipinski definition) is 9. The van der Waals surface area contributed by atoms with Crippen LogP contribution in [0.1, 0.15) is 85.1 Å². The maximum absolute atomic E-state index is 13.1. The molecule has 272 valence electrons. The van der Waals surface area contributed by atoms with Gasteiger partial charge in [-0.2, -0.15) is 14.7 Å². The molecule has 4 aliphatic rings. The van der Waals surface area contributed by atoms with E-state index in [-0.39, 0.29) is 29.8 Å². The van der Waals surface area contributed by atoms with Crippen LogP contribution in [0.4, 0.5) is 23.0 Å². The second kappa shape index (κ2) is 13.3. The van der Waals surface area contributed by atoms with Crippen LogP contribution in [0, 0.1) is 12.8 Å². The van der Waals surface area contributed by atoms with E-state index < -0.39 is 5.34 Å². The van der Waals surface area contributed by atoms with Crippen LogP contribution in [0.15, 0.2) is 54.7 Å². The predicted octanol–water partition coefficient (Wildman–Crippen LogP) is 4.92. The van der Waals surface area contributed by atoms with Crippen molar-refractivity contribution in [2.45, 2.75) is 69.8 Å². The van der Waals surface area contributed by atoms with Crippen molar-refractivity contribution in [3.8, 4) is 11.1 Å². The van der Waals surface area contributed by atoms with Gasteiger partial charge in [0.1, 0.15) is 17.3 Å². The molecule has 5 aromatic rings. The Morgan fingerprint density at radius 2 is 1.78 bits per heavy atom. The predicted molar refractivity (Wildman–Crippen MR) is 209 cm³/mol. The molecule has 2 N–H and O–H groups in total. The van der Waals surface area contributed by atoms with Gasteiger partial charge in [-0.15, -0.1) is 0 Å². The standard InChI is InChI=1S/C39H43B2N11O2/c1-4-9-30-36-27(20-42-51(36)25-21-50(22-25)39(40,41)31-13-8-12-29(43-31)38(54)49-16-5-6-17-49)26-10-7-11-28(35(26)48(30)3)44-34-19-32(46-37(53)24-14-15-24)45-33-18-23(2)47-52(33)34/h7-8,10-13,18-20,24-25,30,44H,4-6,9,14-17,21-22H2,1-3H3,(H,45,46,53). The van der Waals surface area contributed by atoms with Gasteiger partial charge in [0.15, 0.2) is 5.65 Å². The minimum atomic E-state index is -1.34. The van der Waals surface area contributed by atoms with Crippen molar-refractivity contribution in [1.82, 2.24) is 39.2 Å². The first-order chi connectivity index (χ1) is 26.1. The van der Waals surface area contributed by atoms with E-state index >= 15 is 0 Å². The summed E-state index contributed by atoms with van der Waals surface area (Å²) in [6, 6.07) is 15.5. The highest BCUT2D eigenvalue weighted by Gasteiger charge is 2.43. The molecule has 3 fully saturated rings. The molecule has 1 atom stereocenters. The number of carbonyl (C=O) groups excluding carboxylic acids is 2. The molecule has 13 nitrogen and oxygen atoms in total. The third kappa shape index (κ3) is 5.93. The van der Waals surface area contributed by atoms with Crippen LogP contribution in [0.2, 0.25) is 0 Å². The summed E-state index contributed by atoms with van der Waals surface area (Å²) in [6.07, 6.45) is 7.74. The Morgan fingerprint density at radius 1 is 1.00 bits per heavy atom. The van der Waals surface area contributed by atoms with Gasteiger partial charge in [-0.3, -0.25) is 14.3 Å². The minimum Gasteiger partial charge on any atom is -0.364 e. The van der Waals surface area contributed by atoms with Crippen molar-refractivity contribution in [1.29, 1.82) is 0 Å². The highest BCUT2D eigenvalue weighted by Crippen LogP contribution is 2.50. The average molecular weight is 719 g/mol. The van der Waals surface area contributed by atoms with Crippen molar-refractivity contribution in [3.05, 3.63) is 77.5 Å². The number of aryl methyl sites for hydroxylation is 1. The van der Waals surface area contributed by atoms with Gasteiger partial charge in [0.25, 0.3) is 5.91 Å². The number of amides is 2. The number of rotatable bonds is 10. The normalized spacial score (nSPS) is 18.8. The highest BCUT2D eigenvalue weighted by molar-refractivity contribution is 6.39. The number of nitrogens with zero attached hydrogens (tertiary/aromatic N) is 9. The van der Waals surface area contributed by atoms with Crippen LogP contribution < -0.4 is 15.5 Å². The van der Waals surface area contributed by atoms with Crippen molar-refractivity contribution >= 4 is 56.2 Å². The molecule has 7 heterocycles. The third-order valence-corrected chi connectivity index (χ3v) is 11.4. The van der Waals surface area contributed by atoms with E-state index in [4.69, 9.17) is 25.9 Å². The molecule has 0 spiro atoms. The summed E-state index contributed by atoms with van der Waals surface area (Å²) >= 11 is 0. The summed E-state index contributed by atoms with van der Waals surface area (Å²) in [4.78, 5) is 41.3. The van der Waals surface area contributed by atoms with E-state index in [2.05, 4.69) is 62.4 Å². The molecule has 1 aliphatic carbocycles. The first-order valence-corrected chi connectivity index (χ1v) is 19.1. The number of aromatic nitrogens is 6. The molecule has 4 aromatic heterocycles. The molecule has 54 heavy (non-hydrogen) atoms. The number of fused-ring (bicyclic) bond motifs is 4. The molecule has 15 heteroatoms. The lowest BCUT2D eigenvalue weighted by Crippen LogP contribution is -2.60. The first-order valence-electron chi connectivity index (χ1n) is 19.1. The van der Waals surface area contributed by atoms with Gasteiger partial charge in [0.05, 0.1) is 56.7 Å². The molecule has 1 saturated carbocycles. The van der Waals surface area contributed by atoms with Gasteiger partial charge in [-0.05, 0) is 62.6 Å². The number of pyridine rings is 1. The summed E-state index contributed by atoms with van der Waals surface area (Å²) in [7, 11) is 15.7. The lowest BCUT2D eigenvalue weighted by atomic mass is 9.57. The highest BCUT2D eigenvalue weighted by atomic mass is 16.2. The van der Waals surface area contributed by atoms with Crippen LogP contribution in [0.5, 0.6) is 0 Å². The third-order valence-electron chi connectivity index (χ3n) is 11.4. The molecule has 1 unspecified atom stereocenters. The molecule has 1 aromatic carbocycles. The number of benzene rings is 1. The van der Waals surface area contributed by atoms with E-state index in [1.807, 2.05) is 41.1 Å². The largest absolute Gasteiger partial charge is 0.364 e. The topological polar surface area (TPSA) is 129 Å². The Hall–Kier alpha value is -5.17. The molecule has 2 amide bonds. The quantitative estimate of drug-likeness (QED) is 0.194. The smallest absolute Gasteiger partial charge is 0.272 e.